The van der Waals surface area contributed by atoms with Crippen molar-refractivity contribution in [1.29, 1.82) is 0 Å². The van der Waals surface area contributed by atoms with Crippen LogP contribution < -0.4 is 0 Å². The molecule has 0 bridgehead atoms. The van der Waals surface area contributed by atoms with E-state index in [2.05, 4.69) is 0 Å². The number of carbonyl (C=O) groups excluding carboxylic acids is 3. The van der Waals surface area contributed by atoms with E-state index in [4.69, 9.17) is 9.47 Å². The first-order valence-corrected chi connectivity index (χ1v) is 12.7. The van der Waals surface area contributed by atoms with Gasteiger partial charge in [-0.15, -0.1) is 0 Å². The van der Waals surface area contributed by atoms with Gasteiger partial charge in [-0.2, -0.15) is 0 Å². The van der Waals surface area contributed by atoms with Crippen molar-refractivity contribution in [2.24, 2.45) is 29.1 Å². The molecule has 2 saturated carbocycles. The Morgan fingerprint density at radius 3 is 2.42 bits per heavy atom. The summed E-state index contributed by atoms with van der Waals surface area (Å²) in [6.07, 6.45) is 3.94. The summed E-state index contributed by atoms with van der Waals surface area (Å²) in [5.74, 6) is -4.53. The lowest BCUT2D eigenvalue weighted by Gasteiger charge is -2.53. The van der Waals surface area contributed by atoms with Gasteiger partial charge in [-0.25, -0.2) is 4.79 Å². The lowest BCUT2D eigenvalue weighted by molar-refractivity contribution is -0.227. The van der Waals surface area contributed by atoms with E-state index in [1.54, 1.807) is 52.8 Å². The van der Waals surface area contributed by atoms with Gasteiger partial charge in [0.25, 0.3) is 0 Å². The largest absolute Gasteiger partial charge is 0.454 e. The number of hydrogen-bond donors (Lipinski definition) is 3. The number of ketones is 1. The predicted octanol–water partition coefficient (Wildman–Crippen LogP) is 2.41. The summed E-state index contributed by atoms with van der Waals surface area (Å²) in [6, 6.07) is 0. The van der Waals surface area contributed by atoms with Crippen molar-refractivity contribution in [2.45, 2.75) is 84.2 Å². The third kappa shape index (κ3) is 3.20. The van der Waals surface area contributed by atoms with Crippen LogP contribution in [0.25, 0.3) is 0 Å². The van der Waals surface area contributed by atoms with Crippen LogP contribution in [0.4, 0.5) is 0 Å². The number of fused-ring (bicyclic) bond motifs is 5. The highest BCUT2D eigenvalue weighted by Gasteiger charge is 2.87. The summed E-state index contributed by atoms with van der Waals surface area (Å²) in [6.45, 7) is 11.8. The topological polar surface area (TPSA) is 130 Å². The van der Waals surface area contributed by atoms with Crippen LogP contribution in [-0.2, 0) is 23.9 Å². The molecule has 4 aliphatic rings. The molecule has 3 N–H and O–H groups in total. The van der Waals surface area contributed by atoms with Crippen molar-refractivity contribution in [1.82, 2.24) is 0 Å². The van der Waals surface area contributed by atoms with E-state index in [1.807, 2.05) is 13.8 Å². The maximum Gasteiger partial charge on any atom is 0.333 e. The zero-order valence-electron chi connectivity index (χ0n) is 22.1. The first-order chi connectivity index (χ1) is 16.7. The summed E-state index contributed by atoms with van der Waals surface area (Å²) in [5.41, 5.74) is -4.46. The predicted molar refractivity (Wildman–Crippen MR) is 130 cm³/mol. The Balaban J connectivity index is 1.96. The van der Waals surface area contributed by atoms with Crippen LogP contribution in [0, 0.1) is 29.1 Å². The molecule has 0 heterocycles. The minimum Gasteiger partial charge on any atom is -0.454 e. The Morgan fingerprint density at radius 1 is 1.22 bits per heavy atom. The Hall–Kier alpha value is -2.29. The molecule has 8 atom stereocenters. The standard InChI is InChI=1S/C28H38O8/c1-8-14(3)24(32)35-23-16(5)27(34)18(21-25(6,7)28(21,23)36-20(30)9-2)11-17(13-29)12-26(33)19(27)10-15(4)22(26)31/h8,10-11,16,18-19,21,23,29,33-34H,9,12-13H2,1-7H3/t16-,18+,19-,21-,23-,26-,27-,28-/m1/s1. The van der Waals surface area contributed by atoms with Crippen LogP contribution in [-0.4, -0.2) is 62.6 Å². The highest BCUT2D eigenvalue weighted by molar-refractivity contribution is 6.04. The molecule has 0 aromatic rings. The monoisotopic (exact) mass is 502 g/mol. The molecule has 36 heavy (non-hydrogen) atoms. The molecule has 4 aliphatic carbocycles. The Bertz CT molecular complexity index is 1100. The molecule has 0 amide bonds. The fourth-order valence-electron chi connectivity index (χ4n) is 7.41. The molecule has 2 fully saturated rings. The highest BCUT2D eigenvalue weighted by atomic mass is 16.6. The fraction of sp³-hybridized carbons (Fsp3) is 0.679. The maximum atomic E-state index is 13.2. The Labute approximate surface area is 212 Å². The normalized spacial score (nSPS) is 42.8. The number of hydrogen-bond acceptors (Lipinski definition) is 8. The molecular weight excluding hydrogens is 464 g/mol. The van der Waals surface area contributed by atoms with E-state index in [0.717, 1.165) is 0 Å². The van der Waals surface area contributed by atoms with Gasteiger partial charge in [-0.3, -0.25) is 9.59 Å². The van der Waals surface area contributed by atoms with E-state index in [0.29, 0.717) is 16.7 Å². The van der Waals surface area contributed by atoms with Crippen molar-refractivity contribution in [3.05, 3.63) is 34.9 Å². The van der Waals surface area contributed by atoms with Gasteiger partial charge in [0.2, 0.25) is 0 Å². The second kappa shape index (κ2) is 8.36. The number of esters is 2. The molecule has 0 aromatic heterocycles. The van der Waals surface area contributed by atoms with Gasteiger partial charge >= 0.3 is 11.9 Å². The quantitative estimate of drug-likeness (QED) is 0.297. The average Bonchev–Trinajstić information content (AvgIpc) is 3.26. The van der Waals surface area contributed by atoms with E-state index in [-0.39, 0.29) is 12.8 Å². The lowest BCUT2D eigenvalue weighted by atomic mass is 9.59. The summed E-state index contributed by atoms with van der Waals surface area (Å²) >= 11 is 0. The van der Waals surface area contributed by atoms with Gasteiger partial charge < -0.3 is 24.8 Å². The molecule has 0 saturated heterocycles. The van der Waals surface area contributed by atoms with Crippen molar-refractivity contribution in [3.63, 3.8) is 0 Å². The number of rotatable bonds is 5. The fourth-order valence-corrected chi connectivity index (χ4v) is 7.41. The number of Topliss-reactive ketones (excluding diaryl/α,β-unsaturated/α-hetero) is 1. The highest BCUT2D eigenvalue weighted by Crippen LogP contribution is 2.77. The third-order valence-electron chi connectivity index (χ3n) is 9.52. The van der Waals surface area contributed by atoms with Crippen molar-refractivity contribution in [2.75, 3.05) is 6.61 Å². The number of aliphatic hydroxyl groups is 3. The van der Waals surface area contributed by atoms with Crippen LogP contribution in [0.15, 0.2) is 34.9 Å². The summed E-state index contributed by atoms with van der Waals surface area (Å²) < 4.78 is 12.1. The zero-order chi connectivity index (χ0) is 27.0. The van der Waals surface area contributed by atoms with E-state index in [9.17, 15) is 29.7 Å². The van der Waals surface area contributed by atoms with Crippen molar-refractivity contribution < 1.29 is 39.2 Å². The minimum absolute atomic E-state index is 0.122. The smallest absolute Gasteiger partial charge is 0.333 e. The summed E-state index contributed by atoms with van der Waals surface area (Å²) in [7, 11) is 0. The van der Waals surface area contributed by atoms with Crippen LogP contribution >= 0.6 is 0 Å². The van der Waals surface area contributed by atoms with Crippen LogP contribution in [0.2, 0.25) is 0 Å². The first-order valence-electron chi connectivity index (χ1n) is 12.7. The number of ether oxygens (including phenoxy) is 2. The first kappa shape index (κ1) is 26.8. The molecule has 4 rings (SSSR count). The molecule has 8 nitrogen and oxygen atoms in total. The Kier molecular flexibility index (Phi) is 6.22. The second-order valence-corrected chi connectivity index (χ2v) is 11.6. The van der Waals surface area contributed by atoms with Gasteiger partial charge in [-0.05, 0) is 31.9 Å². The second-order valence-electron chi connectivity index (χ2n) is 11.6. The molecule has 198 valence electrons. The SMILES string of the molecule is CC=C(C)C(=O)O[C@@H]1[C@@H](C)[C@@]2(O)[C@@H](C=C(CO)C[C@]3(O)C(=O)C(C)=C[C@@H]23)[C@@H]2C(C)(C)[C@]12OC(=O)CC. The molecule has 0 aliphatic heterocycles. The molecule has 0 radical (unpaired) electrons. The lowest BCUT2D eigenvalue weighted by Crippen LogP contribution is -2.66. The van der Waals surface area contributed by atoms with Crippen molar-refractivity contribution >= 4 is 17.7 Å². The summed E-state index contributed by atoms with van der Waals surface area (Å²) in [5, 5.41) is 34.4. The Morgan fingerprint density at radius 2 is 1.86 bits per heavy atom. The van der Waals surface area contributed by atoms with Gasteiger partial charge in [0, 0.05) is 47.5 Å². The van der Waals surface area contributed by atoms with Gasteiger partial charge in [0.1, 0.15) is 11.7 Å². The average molecular weight is 503 g/mol. The van der Waals surface area contributed by atoms with Crippen LogP contribution in [0.3, 0.4) is 0 Å². The van der Waals surface area contributed by atoms with Gasteiger partial charge in [0.05, 0.1) is 12.2 Å². The summed E-state index contributed by atoms with van der Waals surface area (Å²) in [4.78, 5) is 38.9. The van der Waals surface area contributed by atoms with Gasteiger partial charge in [0.15, 0.2) is 11.4 Å². The van der Waals surface area contributed by atoms with E-state index in [1.165, 1.54) is 0 Å². The third-order valence-corrected chi connectivity index (χ3v) is 9.52. The van der Waals surface area contributed by atoms with E-state index >= 15 is 0 Å². The molecule has 0 spiro atoms. The number of allylic oxidation sites excluding steroid dienone is 1. The minimum atomic E-state index is -1.94. The van der Waals surface area contributed by atoms with Gasteiger partial charge in [-0.1, -0.05) is 45.9 Å². The van der Waals surface area contributed by atoms with E-state index < -0.39 is 76.3 Å². The zero-order valence-corrected chi connectivity index (χ0v) is 22.1. The molecular formula is C28H38O8. The number of aliphatic hydroxyl groups excluding tert-OH is 1. The molecule has 0 aromatic carbocycles. The number of carbonyl (C=O) groups is 3. The van der Waals surface area contributed by atoms with Crippen LogP contribution in [0.5, 0.6) is 0 Å². The van der Waals surface area contributed by atoms with Crippen molar-refractivity contribution in [3.8, 4) is 0 Å². The van der Waals surface area contributed by atoms with Crippen LogP contribution in [0.1, 0.15) is 61.3 Å². The molecule has 0 unspecified atom stereocenters. The molecule has 8 heteroatoms. The maximum absolute atomic E-state index is 13.2.